The summed E-state index contributed by atoms with van der Waals surface area (Å²) in [6.07, 6.45) is 10.8. The second-order valence-corrected chi connectivity index (χ2v) is 9.19. The summed E-state index contributed by atoms with van der Waals surface area (Å²) in [5, 5.41) is 3.06. The Kier molecular flexibility index (Phi) is 6.61. The maximum atomic E-state index is 12.8. The largest absolute Gasteiger partial charge is 0.358 e. The van der Waals surface area contributed by atoms with Crippen molar-refractivity contribution < 1.29 is 9.59 Å². The van der Waals surface area contributed by atoms with Crippen molar-refractivity contribution in [1.29, 1.82) is 0 Å². The first-order valence-corrected chi connectivity index (χ1v) is 11.7. The van der Waals surface area contributed by atoms with Gasteiger partial charge >= 0.3 is 0 Å². The topological polar surface area (TPSA) is 55.9 Å². The van der Waals surface area contributed by atoms with Crippen molar-refractivity contribution in [2.75, 3.05) is 43.5 Å². The number of fused-ring (bicyclic) bond motifs is 3. The molecule has 6 heteroatoms. The van der Waals surface area contributed by atoms with Crippen LogP contribution in [0.4, 0.5) is 11.4 Å². The van der Waals surface area contributed by atoms with E-state index in [1.807, 2.05) is 25.2 Å². The smallest absolute Gasteiger partial charge is 0.251 e. The normalized spacial score (nSPS) is 22.1. The Morgan fingerprint density at radius 2 is 1.87 bits per heavy atom. The van der Waals surface area contributed by atoms with Gasteiger partial charge in [-0.3, -0.25) is 9.59 Å². The van der Waals surface area contributed by atoms with Crippen LogP contribution < -0.4 is 15.1 Å². The van der Waals surface area contributed by atoms with E-state index in [2.05, 4.69) is 22.2 Å². The fourth-order valence-corrected chi connectivity index (χ4v) is 5.33. The van der Waals surface area contributed by atoms with Gasteiger partial charge < -0.3 is 20.0 Å². The van der Waals surface area contributed by atoms with Crippen LogP contribution >= 0.6 is 0 Å². The van der Waals surface area contributed by atoms with Gasteiger partial charge in [-0.1, -0.05) is 19.3 Å². The van der Waals surface area contributed by atoms with E-state index in [4.69, 9.17) is 0 Å². The number of anilines is 2. The standard InChI is InChI=1S/C24H36N4O2/c1-26(19-9-4-3-5-10-19)15-8-14-25-23(29)18-12-13-20-22(17-18)27(2)24(30)21-11-6-7-16-28(20)21/h12-13,17,19,21H,3-11,14-16H2,1-2H3,(H,25,29). The van der Waals surface area contributed by atoms with Gasteiger partial charge in [-0.25, -0.2) is 0 Å². The molecule has 4 rings (SSSR count). The molecule has 0 spiro atoms. The molecule has 1 aromatic rings. The first kappa shape index (κ1) is 21.2. The maximum Gasteiger partial charge on any atom is 0.251 e. The van der Waals surface area contributed by atoms with Gasteiger partial charge in [0.1, 0.15) is 6.04 Å². The molecule has 164 valence electrons. The van der Waals surface area contributed by atoms with Crippen molar-refractivity contribution in [2.24, 2.45) is 0 Å². The van der Waals surface area contributed by atoms with Gasteiger partial charge in [-0.05, 0) is 70.3 Å². The molecule has 1 aliphatic carbocycles. The maximum absolute atomic E-state index is 12.8. The number of likely N-dealkylation sites (N-methyl/N-ethyl adjacent to an activating group) is 1. The first-order chi connectivity index (χ1) is 14.6. The van der Waals surface area contributed by atoms with Crippen LogP contribution in [0.15, 0.2) is 18.2 Å². The fraction of sp³-hybridized carbons (Fsp3) is 0.667. The summed E-state index contributed by atoms with van der Waals surface area (Å²) < 4.78 is 0. The monoisotopic (exact) mass is 412 g/mol. The van der Waals surface area contributed by atoms with Crippen LogP contribution in [0.5, 0.6) is 0 Å². The minimum atomic E-state index is -0.0558. The number of benzene rings is 1. The van der Waals surface area contributed by atoms with Gasteiger partial charge in [-0.15, -0.1) is 0 Å². The van der Waals surface area contributed by atoms with Crippen LogP contribution in [0.2, 0.25) is 0 Å². The molecule has 1 saturated heterocycles. The zero-order valence-electron chi connectivity index (χ0n) is 18.5. The number of rotatable bonds is 6. The SMILES string of the molecule is CN1C(=O)C2CCCCN2c2ccc(C(=O)NCCCN(C)C3CCCCC3)cc21. The van der Waals surface area contributed by atoms with Crippen molar-refractivity contribution in [1.82, 2.24) is 10.2 Å². The third-order valence-electron chi connectivity index (χ3n) is 7.20. The summed E-state index contributed by atoms with van der Waals surface area (Å²) in [6.45, 7) is 2.61. The zero-order valence-corrected chi connectivity index (χ0v) is 18.5. The van der Waals surface area contributed by atoms with Gasteiger partial charge in [0.25, 0.3) is 5.91 Å². The van der Waals surface area contributed by atoms with E-state index in [1.54, 1.807) is 4.90 Å². The lowest BCUT2D eigenvalue weighted by Crippen LogP contribution is -2.54. The minimum absolute atomic E-state index is 0.0444. The summed E-state index contributed by atoms with van der Waals surface area (Å²) >= 11 is 0. The van der Waals surface area contributed by atoms with Gasteiger partial charge in [0.15, 0.2) is 0 Å². The third kappa shape index (κ3) is 4.34. The molecule has 0 bridgehead atoms. The highest BCUT2D eigenvalue weighted by atomic mass is 16.2. The quantitative estimate of drug-likeness (QED) is 0.728. The van der Waals surface area contributed by atoms with Crippen LogP contribution in [0.3, 0.4) is 0 Å². The summed E-state index contributed by atoms with van der Waals surface area (Å²) in [5.74, 6) is 0.0882. The van der Waals surface area contributed by atoms with Crippen molar-refractivity contribution in [3.8, 4) is 0 Å². The average molecular weight is 413 g/mol. The van der Waals surface area contributed by atoms with Crippen LogP contribution in [0.1, 0.15) is 68.1 Å². The molecule has 2 heterocycles. The molecule has 1 aromatic carbocycles. The molecule has 1 N–H and O–H groups in total. The lowest BCUT2D eigenvalue weighted by Gasteiger charge is -2.44. The molecule has 2 fully saturated rings. The summed E-state index contributed by atoms with van der Waals surface area (Å²) in [5.41, 5.74) is 2.56. The van der Waals surface area contributed by atoms with E-state index in [-0.39, 0.29) is 17.9 Å². The second-order valence-electron chi connectivity index (χ2n) is 9.19. The van der Waals surface area contributed by atoms with E-state index in [0.29, 0.717) is 18.2 Å². The summed E-state index contributed by atoms with van der Waals surface area (Å²) in [7, 11) is 4.04. The van der Waals surface area contributed by atoms with Crippen molar-refractivity contribution in [2.45, 2.75) is 69.9 Å². The molecular weight excluding hydrogens is 376 g/mol. The predicted octanol–water partition coefficient (Wildman–Crippen LogP) is 3.41. The third-order valence-corrected chi connectivity index (χ3v) is 7.20. The first-order valence-electron chi connectivity index (χ1n) is 11.7. The Morgan fingerprint density at radius 1 is 1.10 bits per heavy atom. The van der Waals surface area contributed by atoms with E-state index in [9.17, 15) is 9.59 Å². The van der Waals surface area contributed by atoms with E-state index in [1.165, 1.54) is 32.1 Å². The van der Waals surface area contributed by atoms with Crippen molar-refractivity contribution >= 4 is 23.2 Å². The number of nitrogens with one attached hydrogen (secondary N) is 1. The van der Waals surface area contributed by atoms with E-state index >= 15 is 0 Å². The summed E-state index contributed by atoms with van der Waals surface area (Å²) in [6, 6.07) is 6.46. The number of piperidine rings is 1. The predicted molar refractivity (Wildman–Crippen MR) is 121 cm³/mol. The highest BCUT2D eigenvalue weighted by molar-refractivity contribution is 6.07. The molecule has 0 radical (unpaired) electrons. The Morgan fingerprint density at radius 3 is 2.67 bits per heavy atom. The minimum Gasteiger partial charge on any atom is -0.358 e. The zero-order chi connectivity index (χ0) is 21.1. The Labute approximate surface area is 180 Å². The van der Waals surface area contributed by atoms with Gasteiger partial charge in [-0.2, -0.15) is 0 Å². The number of hydrogen-bond acceptors (Lipinski definition) is 4. The Bertz CT molecular complexity index is 774. The molecule has 1 unspecified atom stereocenters. The van der Waals surface area contributed by atoms with Crippen LogP contribution in [-0.2, 0) is 4.79 Å². The number of carbonyl (C=O) groups excluding carboxylic acids is 2. The van der Waals surface area contributed by atoms with Gasteiger partial charge in [0, 0.05) is 31.7 Å². The average Bonchev–Trinajstić information content (AvgIpc) is 2.80. The lowest BCUT2D eigenvalue weighted by molar-refractivity contribution is -0.120. The molecule has 30 heavy (non-hydrogen) atoms. The Balaban J connectivity index is 1.33. The highest BCUT2D eigenvalue weighted by Gasteiger charge is 2.38. The van der Waals surface area contributed by atoms with Gasteiger partial charge in [0.05, 0.1) is 11.4 Å². The molecule has 1 saturated carbocycles. The molecule has 1 atom stereocenters. The van der Waals surface area contributed by atoms with Gasteiger partial charge in [0.2, 0.25) is 5.91 Å². The van der Waals surface area contributed by atoms with E-state index < -0.39 is 0 Å². The second kappa shape index (κ2) is 9.38. The van der Waals surface area contributed by atoms with E-state index in [0.717, 1.165) is 50.1 Å². The molecule has 2 amide bonds. The van der Waals surface area contributed by atoms with Crippen molar-refractivity contribution in [3.05, 3.63) is 23.8 Å². The van der Waals surface area contributed by atoms with Crippen LogP contribution in [-0.4, -0.2) is 62.5 Å². The lowest BCUT2D eigenvalue weighted by atomic mass is 9.94. The highest BCUT2D eigenvalue weighted by Crippen LogP contribution is 2.39. The molecular formula is C24H36N4O2. The fourth-order valence-electron chi connectivity index (χ4n) is 5.33. The molecule has 0 aromatic heterocycles. The number of amides is 2. The number of hydrogen-bond donors (Lipinski definition) is 1. The summed E-state index contributed by atoms with van der Waals surface area (Å²) in [4.78, 5) is 31.9. The molecule has 2 aliphatic heterocycles. The van der Waals surface area contributed by atoms with Crippen LogP contribution in [0, 0.1) is 0 Å². The number of nitrogens with zero attached hydrogens (tertiary/aromatic N) is 3. The molecule has 3 aliphatic rings. The van der Waals surface area contributed by atoms with Crippen LogP contribution in [0.25, 0.3) is 0 Å². The molecule has 6 nitrogen and oxygen atoms in total. The van der Waals surface area contributed by atoms with Crippen molar-refractivity contribution in [3.63, 3.8) is 0 Å². The Hall–Kier alpha value is -2.08. The number of carbonyl (C=O) groups is 2.